The summed E-state index contributed by atoms with van der Waals surface area (Å²) in [6.07, 6.45) is -1.10. The van der Waals surface area contributed by atoms with E-state index < -0.39 is 18.2 Å². The fraction of sp³-hybridized carbons (Fsp3) is 0.500. The molecule has 0 saturated carbocycles. The molecule has 1 aliphatic heterocycles. The summed E-state index contributed by atoms with van der Waals surface area (Å²) >= 11 is 6.70. The molecule has 10 heteroatoms. The van der Waals surface area contributed by atoms with Crippen LogP contribution in [-0.2, 0) is 21.8 Å². The zero-order valence-electron chi connectivity index (χ0n) is 7.32. The molecule has 0 aromatic heterocycles. The number of carbonyl (C=O) groups excluding carboxylic acids is 1. The third-order valence-electron chi connectivity index (χ3n) is 1.74. The lowest BCUT2D eigenvalue weighted by molar-refractivity contribution is -0.144. The summed E-state index contributed by atoms with van der Waals surface area (Å²) in [5.41, 5.74) is 0. The maximum atomic E-state index is 11.4. The first kappa shape index (κ1) is 15.7. The molecule has 1 heterocycles. The van der Waals surface area contributed by atoms with Gasteiger partial charge in [-0.25, -0.2) is 4.79 Å². The van der Waals surface area contributed by atoms with Gasteiger partial charge in [-0.15, -0.1) is 0 Å². The Hall–Kier alpha value is 1.65. The molecule has 0 aliphatic carbocycles. The van der Waals surface area contributed by atoms with E-state index in [9.17, 15) is 4.79 Å². The van der Waals surface area contributed by atoms with E-state index in [0.717, 1.165) is 0 Å². The molecular formula is C6H4I4O6. The smallest absolute Gasteiger partial charge is 0.379 e. The van der Waals surface area contributed by atoms with E-state index in [1.807, 2.05) is 0 Å². The van der Waals surface area contributed by atoms with Gasteiger partial charge in [-0.3, -0.25) is 0 Å². The number of hydrogen-bond acceptors (Lipinski definition) is 6. The van der Waals surface area contributed by atoms with Crippen LogP contribution in [-0.4, -0.2) is 24.8 Å². The molecule has 0 saturated heterocycles. The van der Waals surface area contributed by atoms with Gasteiger partial charge in [0.1, 0.15) is 52.1 Å². The van der Waals surface area contributed by atoms with Gasteiger partial charge >= 0.3 is 5.97 Å². The molecule has 16 heavy (non-hydrogen) atoms. The summed E-state index contributed by atoms with van der Waals surface area (Å²) in [5.74, 6) is -0.222. The molecule has 0 aromatic carbocycles. The van der Waals surface area contributed by atoms with Crippen LogP contribution in [0.3, 0.4) is 0 Å². The lowest BCUT2D eigenvalue weighted by Gasteiger charge is -2.19. The standard InChI is InChI=1S/C6H4I4O6/c7-12-1-2(14-8)3-4(15-9)5(16-10)6(11)13-3/h2-3H,1H2. The average Bonchev–Trinajstić information content (AvgIpc) is 2.61. The molecular weight excluding hydrogens is 676 g/mol. The van der Waals surface area contributed by atoms with Crippen LogP contribution in [0.1, 0.15) is 0 Å². The Labute approximate surface area is 148 Å². The van der Waals surface area contributed by atoms with Crippen molar-refractivity contribution >= 4 is 98.0 Å². The Bertz CT molecular complexity index is 295. The van der Waals surface area contributed by atoms with Crippen molar-refractivity contribution in [1.29, 1.82) is 0 Å². The molecule has 0 spiro atoms. The number of rotatable bonds is 6. The van der Waals surface area contributed by atoms with Crippen LogP contribution >= 0.6 is 92.0 Å². The summed E-state index contributed by atoms with van der Waals surface area (Å²) in [4.78, 5) is 11.4. The van der Waals surface area contributed by atoms with Crippen LogP contribution in [0.4, 0.5) is 0 Å². The zero-order chi connectivity index (χ0) is 12.1. The average molecular weight is 680 g/mol. The first-order valence-electron chi connectivity index (χ1n) is 3.72. The second-order valence-electron chi connectivity index (χ2n) is 2.58. The molecule has 2 atom stereocenters. The van der Waals surface area contributed by atoms with Gasteiger partial charge in [-0.05, 0) is 0 Å². The highest BCUT2D eigenvalue weighted by molar-refractivity contribution is 14.1. The molecule has 0 N–H and O–H groups in total. The number of halogens is 4. The van der Waals surface area contributed by atoms with Crippen molar-refractivity contribution < 1.29 is 21.8 Å². The first-order valence-corrected chi connectivity index (χ1v) is 7.25. The summed E-state index contributed by atoms with van der Waals surface area (Å²) in [6.45, 7) is 0.263. The molecule has 0 bridgehead atoms. The van der Waals surface area contributed by atoms with Gasteiger partial charge in [0.25, 0.3) is 5.76 Å². The van der Waals surface area contributed by atoms with E-state index in [4.69, 9.17) is 17.0 Å². The summed E-state index contributed by atoms with van der Waals surface area (Å²) in [7, 11) is 0. The summed E-state index contributed by atoms with van der Waals surface area (Å²) < 4.78 is 25.1. The van der Waals surface area contributed by atoms with E-state index >= 15 is 0 Å². The van der Waals surface area contributed by atoms with Gasteiger partial charge in [0.15, 0.2) is 52.1 Å². The van der Waals surface area contributed by atoms with Crippen LogP contribution in [0.25, 0.3) is 0 Å². The lowest BCUT2D eigenvalue weighted by atomic mass is 10.2. The van der Waals surface area contributed by atoms with Crippen LogP contribution < -0.4 is 0 Å². The highest BCUT2D eigenvalue weighted by Crippen LogP contribution is 2.31. The number of hydrogen-bond donors (Lipinski definition) is 0. The molecule has 0 radical (unpaired) electrons. The van der Waals surface area contributed by atoms with E-state index in [2.05, 4.69) is 0 Å². The highest BCUT2D eigenvalue weighted by atomic mass is 127. The molecule has 1 aliphatic rings. The van der Waals surface area contributed by atoms with Gasteiger partial charge in [-0.1, -0.05) is 0 Å². The number of cyclic esters (lactones) is 1. The largest absolute Gasteiger partial charge is 0.445 e. The van der Waals surface area contributed by atoms with Crippen molar-refractivity contribution in [2.75, 3.05) is 6.61 Å². The zero-order valence-corrected chi connectivity index (χ0v) is 16.0. The monoisotopic (exact) mass is 680 g/mol. The van der Waals surface area contributed by atoms with Gasteiger partial charge in [0, 0.05) is 0 Å². The van der Waals surface area contributed by atoms with Crippen LogP contribution in [0.15, 0.2) is 11.5 Å². The highest BCUT2D eigenvalue weighted by Gasteiger charge is 2.43. The van der Waals surface area contributed by atoms with Gasteiger partial charge in [-0.2, -0.15) is 0 Å². The van der Waals surface area contributed by atoms with Gasteiger partial charge < -0.3 is 17.0 Å². The summed E-state index contributed by atoms with van der Waals surface area (Å²) in [5, 5.41) is 0. The Morgan fingerprint density at radius 2 is 1.94 bits per heavy atom. The molecule has 1 rings (SSSR count). The van der Waals surface area contributed by atoms with Gasteiger partial charge in [0.2, 0.25) is 5.76 Å². The number of esters is 1. The summed E-state index contributed by atoms with van der Waals surface area (Å²) in [6, 6.07) is 0. The molecule has 0 aromatic rings. The molecule has 0 fully saturated rings. The Morgan fingerprint density at radius 3 is 2.38 bits per heavy atom. The molecule has 6 nitrogen and oxygen atoms in total. The molecule has 92 valence electrons. The fourth-order valence-corrected chi connectivity index (χ4v) is 2.68. The minimum Gasteiger partial charge on any atom is -0.445 e. The van der Waals surface area contributed by atoms with Crippen LogP contribution in [0.5, 0.6) is 0 Å². The minimum absolute atomic E-state index is 0.0481. The SMILES string of the molecule is O=C1OC(C(COI)OI)C(OI)=C1OI. The van der Waals surface area contributed by atoms with Gasteiger partial charge in [0.05, 0.1) is 6.61 Å². The molecule has 2 unspecified atom stereocenters. The predicted octanol–water partition coefficient (Wildman–Crippen LogP) is 2.96. The Kier molecular flexibility index (Phi) is 7.80. The predicted molar refractivity (Wildman–Crippen MR) is 86.0 cm³/mol. The van der Waals surface area contributed by atoms with Crippen molar-refractivity contribution in [2.24, 2.45) is 0 Å². The maximum absolute atomic E-state index is 11.4. The normalized spacial score (nSPS) is 22.0. The van der Waals surface area contributed by atoms with Crippen molar-refractivity contribution in [2.45, 2.75) is 12.2 Å². The third kappa shape index (κ3) is 3.58. The maximum Gasteiger partial charge on any atom is 0.379 e. The lowest BCUT2D eigenvalue weighted by Crippen LogP contribution is -2.32. The van der Waals surface area contributed by atoms with Crippen molar-refractivity contribution in [3.05, 3.63) is 11.5 Å². The minimum atomic E-state index is -0.652. The fourth-order valence-electron chi connectivity index (χ4n) is 1.07. The Balaban J connectivity index is 2.89. The van der Waals surface area contributed by atoms with Crippen molar-refractivity contribution in [3.63, 3.8) is 0 Å². The van der Waals surface area contributed by atoms with Crippen molar-refractivity contribution in [1.82, 2.24) is 0 Å². The first-order chi connectivity index (χ1) is 7.69. The Morgan fingerprint density at radius 1 is 1.25 bits per heavy atom. The van der Waals surface area contributed by atoms with Crippen LogP contribution in [0.2, 0.25) is 0 Å². The quantitative estimate of drug-likeness (QED) is 0.318. The number of carbonyl (C=O) groups is 1. The van der Waals surface area contributed by atoms with E-state index in [0.29, 0.717) is 5.76 Å². The van der Waals surface area contributed by atoms with E-state index in [1.54, 1.807) is 92.0 Å². The van der Waals surface area contributed by atoms with Crippen LogP contribution in [0, 0.1) is 0 Å². The van der Waals surface area contributed by atoms with Crippen molar-refractivity contribution in [3.8, 4) is 0 Å². The van der Waals surface area contributed by atoms with E-state index in [-0.39, 0.29) is 12.4 Å². The third-order valence-corrected chi connectivity index (χ3v) is 3.67. The molecule has 0 amide bonds. The topological polar surface area (TPSA) is 63.2 Å². The number of ether oxygens (including phenoxy) is 1. The second kappa shape index (κ2) is 7.95. The second-order valence-corrected chi connectivity index (χ2v) is 4.59. The van der Waals surface area contributed by atoms with E-state index in [1.165, 1.54) is 0 Å².